The third kappa shape index (κ3) is 4.17. The Bertz CT molecular complexity index is 1080. The highest BCUT2D eigenvalue weighted by Crippen LogP contribution is 2.30. The minimum Gasteiger partial charge on any atom is -0.361 e. The molecule has 4 rings (SSSR count). The number of aryl methyl sites for hydroxylation is 2. The predicted molar refractivity (Wildman–Crippen MR) is 110 cm³/mol. The summed E-state index contributed by atoms with van der Waals surface area (Å²) in [7, 11) is 0. The van der Waals surface area contributed by atoms with E-state index in [0.29, 0.717) is 29.4 Å². The molecule has 2 heterocycles. The van der Waals surface area contributed by atoms with Gasteiger partial charge in [0.05, 0.1) is 0 Å². The van der Waals surface area contributed by atoms with Gasteiger partial charge in [-0.15, -0.1) is 0 Å². The van der Waals surface area contributed by atoms with E-state index in [1.807, 2.05) is 18.2 Å². The number of amides is 2. The molecule has 1 aromatic heterocycles. The third-order valence-corrected chi connectivity index (χ3v) is 5.13. The van der Waals surface area contributed by atoms with Crippen LogP contribution in [0.5, 0.6) is 0 Å². The first-order valence-electron chi connectivity index (χ1n) is 9.42. The quantitative estimate of drug-likeness (QED) is 0.702. The molecule has 3 aromatic rings. The summed E-state index contributed by atoms with van der Waals surface area (Å²) in [4.78, 5) is 26.9. The second kappa shape index (κ2) is 8.09. The van der Waals surface area contributed by atoms with Crippen molar-refractivity contribution in [3.05, 3.63) is 81.7 Å². The van der Waals surface area contributed by atoms with E-state index in [-0.39, 0.29) is 17.5 Å². The lowest BCUT2D eigenvalue weighted by molar-refractivity contribution is 0.0940. The topological polar surface area (TPSA) is 75.4 Å². The van der Waals surface area contributed by atoms with Gasteiger partial charge in [-0.3, -0.25) is 9.59 Å². The zero-order valence-electron chi connectivity index (χ0n) is 15.9. The van der Waals surface area contributed by atoms with Crippen LogP contribution in [0, 0.1) is 6.92 Å². The SMILES string of the molecule is Cc1cc(C(=O)NCc2ccc3c(c2)CCCN3C(=O)c2cccc(Cl)c2)no1. The molecular formula is C22H20ClN3O3. The van der Waals surface area contributed by atoms with Crippen molar-refractivity contribution in [1.29, 1.82) is 0 Å². The summed E-state index contributed by atoms with van der Waals surface area (Å²) in [6.07, 6.45) is 1.77. The van der Waals surface area contributed by atoms with Crippen molar-refractivity contribution in [2.24, 2.45) is 0 Å². The number of hydrogen-bond donors (Lipinski definition) is 1. The lowest BCUT2D eigenvalue weighted by atomic mass is 9.98. The average molecular weight is 410 g/mol. The zero-order chi connectivity index (χ0) is 20.4. The van der Waals surface area contributed by atoms with E-state index in [1.54, 1.807) is 42.2 Å². The van der Waals surface area contributed by atoms with Crippen molar-refractivity contribution in [2.45, 2.75) is 26.3 Å². The van der Waals surface area contributed by atoms with Crippen LogP contribution in [-0.2, 0) is 13.0 Å². The smallest absolute Gasteiger partial charge is 0.273 e. The van der Waals surface area contributed by atoms with E-state index >= 15 is 0 Å². The molecular weight excluding hydrogens is 390 g/mol. The molecule has 0 saturated carbocycles. The fraction of sp³-hybridized carbons (Fsp3) is 0.227. The number of aromatic nitrogens is 1. The van der Waals surface area contributed by atoms with Crippen LogP contribution < -0.4 is 10.2 Å². The Morgan fingerprint density at radius 3 is 2.83 bits per heavy atom. The van der Waals surface area contributed by atoms with Gasteiger partial charge in [0.1, 0.15) is 5.76 Å². The Morgan fingerprint density at radius 2 is 2.07 bits per heavy atom. The molecule has 0 unspecified atom stereocenters. The number of nitrogens with one attached hydrogen (secondary N) is 1. The van der Waals surface area contributed by atoms with Crippen molar-refractivity contribution in [3.8, 4) is 0 Å². The van der Waals surface area contributed by atoms with Crippen LogP contribution in [-0.4, -0.2) is 23.5 Å². The van der Waals surface area contributed by atoms with Gasteiger partial charge >= 0.3 is 0 Å². The molecule has 0 radical (unpaired) electrons. The van der Waals surface area contributed by atoms with Gasteiger partial charge in [0.2, 0.25) is 0 Å². The number of hydrogen-bond acceptors (Lipinski definition) is 4. The number of carbonyl (C=O) groups excluding carboxylic acids is 2. The number of fused-ring (bicyclic) bond motifs is 1. The Labute approximate surface area is 173 Å². The van der Waals surface area contributed by atoms with Crippen molar-refractivity contribution < 1.29 is 14.1 Å². The van der Waals surface area contributed by atoms with Gasteiger partial charge in [0.15, 0.2) is 5.69 Å². The van der Waals surface area contributed by atoms with Crippen molar-refractivity contribution >= 4 is 29.1 Å². The molecule has 0 saturated heterocycles. The maximum atomic E-state index is 13.0. The summed E-state index contributed by atoms with van der Waals surface area (Å²) < 4.78 is 4.93. The maximum Gasteiger partial charge on any atom is 0.273 e. The Hall–Kier alpha value is -3.12. The van der Waals surface area contributed by atoms with Crippen LogP contribution in [0.1, 0.15) is 44.2 Å². The molecule has 2 amide bonds. The molecule has 1 aliphatic rings. The fourth-order valence-electron chi connectivity index (χ4n) is 3.50. The molecule has 0 bridgehead atoms. The van der Waals surface area contributed by atoms with E-state index in [4.69, 9.17) is 16.1 Å². The number of nitrogens with zero attached hydrogens (tertiary/aromatic N) is 2. The van der Waals surface area contributed by atoms with E-state index in [1.165, 1.54) is 0 Å². The average Bonchev–Trinajstić information content (AvgIpc) is 3.17. The predicted octanol–water partition coefficient (Wildman–Crippen LogP) is 4.16. The Balaban J connectivity index is 1.49. The minimum absolute atomic E-state index is 0.0593. The summed E-state index contributed by atoms with van der Waals surface area (Å²) in [6.45, 7) is 2.78. The van der Waals surface area contributed by atoms with Gasteiger partial charge in [-0.05, 0) is 55.2 Å². The lowest BCUT2D eigenvalue weighted by Gasteiger charge is -2.30. The normalized spacial score (nSPS) is 13.1. The standard InChI is InChI=1S/C22H20ClN3O3/c1-14-10-19(25-29-14)21(27)24-13-15-7-8-20-16(11-15)5-3-9-26(20)22(28)17-4-2-6-18(23)12-17/h2,4,6-8,10-12H,3,5,9,13H2,1H3,(H,24,27). The number of rotatable bonds is 4. The maximum absolute atomic E-state index is 13.0. The number of halogens is 1. The summed E-state index contributed by atoms with van der Waals surface area (Å²) in [6, 6.07) is 14.5. The highest BCUT2D eigenvalue weighted by molar-refractivity contribution is 6.31. The fourth-order valence-corrected chi connectivity index (χ4v) is 3.69. The van der Waals surface area contributed by atoms with Gasteiger partial charge in [-0.2, -0.15) is 0 Å². The molecule has 29 heavy (non-hydrogen) atoms. The van der Waals surface area contributed by atoms with Crippen LogP contribution in [0.25, 0.3) is 0 Å². The van der Waals surface area contributed by atoms with Gasteiger partial charge < -0.3 is 14.7 Å². The van der Waals surface area contributed by atoms with Crippen LogP contribution in [0.3, 0.4) is 0 Å². The minimum atomic E-state index is -0.280. The van der Waals surface area contributed by atoms with Crippen LogP contribution >= 0.6 is 11.6 Å². The van der Waals surface area contributed by atoms with Crippen molar-refractivity contribution in [3.63, 3.8) is 0 Å². The van der Waals surface area contributed by atoms with Gasteiger partial charge in [-0.25, -0.2) is 0 Å². The first-order valence-corrected chi connectivity index (χ1v) is 9.80. The van der Waals surface area contributed by atoms with Crippen molar-refractivity contribution in [2.75, 3.05) is 11.4 Å². The van der Waals surface area contributed by atoms with E-state index in [0.717, 1.165) is 29.7 Å². The first kappa shape index (κ1) is 19.2. The first-order chi connectivity index (χ1) is 14.0. The number of benzene rings is 2. The summed E-state index contributed by atoms with van der Waals surface area (Å²) in [5, 5.41) is 7.11. The molecule has 148 valence electrons. The summed E-state index contributed by atoms with van der Waals surface area (Å²) in [5.74, 6) is 0.252. The number of anilines is 1. The Kier molecular flexibility index (Phi) is 5.36. The highest BCUT2D eigenvalue weighted by Gasteiger charge is 2.24. The van der Waals surface area contributed by atoms with Crippen LogP contribution in [0.15, 0.2) is 53.1 Å². The summed E-state index contributed by atoms with van der Waals surface area (Å²) in [5.41, 5.74) is 3.80. The third-order valence-electron chi connectivity index (χ3n) is 4.89. The van der Waals surface area contributed by atoms with Crippen molar-refractivity contribution in [1.82, 2.24) is 10.5 Å². The van der Waals surface area contributed by atoms with E-state index in [9.17, 15) is 9.59 Å². The van der Waals surface area contributed by atoms with Gasteiger partial charge in [0, 0.05) is 35.4 Å². The van der Waals surface area contributed by atoms with E-state index in [2.05, 4.69) is 10.5 Å². The molecule has 1 aliphatic heterocycles. The van der Waals surface area contributed by atoms with Crippen LogP contribution in [0.4, 0.5) is 5.69 Å². The molecule has 0 atom stereocenters. The molecule has 0 spiro atoms. The second-order valence-corrected chi connectivity index (χ2v) is 7.48. The zero-order valence-corrected chi connectivity index (χ0v) is 16.7. The lowest BCUT2D eigenvalue weighted by Crippen LogP contribution is -2.35. The van der Waals surface area contributed by atoms with Gasteiger partial charge in [-0.1, -0.05) is 35.0 Å². The largest absolute Gasteiger partial charge is 0.361 e. The monoisotopic (exact) mass is 409 g/mol. The summed E-state index contributed by atoms with van der Waals surface area (Å²) >= 11 is 6.04. The molecule has 2 aromatic carbocycles. The molecule has 0 aliphatic carbocycles. The second-order valence-electron chi connectivity index (χ2n) is 7.04. The van der Waals surface area contributed by atoms with E-state index < -0.39 is 0 Å². The molecule has 6 nitrogen and oxygen atoms in total. The molecule has 7 heteroatoms. The van der Waals surface area contributed by atoms with Crippen LogP contribution in [0.2, 0.25) is 5.02 Å². The molecule has 1 N–H and O–H groups in total. The molecule has 0 fully saturated rings. The highest BCUT2D eigenvalue weighted by atomic mass is 35.5. The van der Waals surface area contributed by atoms with Gasteiger partial charge in [0.25, 0.3) is 11.8 Å². The number of carbonyl (C=O) groups is 2. The Morgan fingerprint density at radius 1 is 1.21 bits per heavy atom.